The predicted molar refractivity (Wildman–Crippen MR) is 74.0 cm³/mol. The molecular formula is C15H16N2O4. The van der Waals surface area contributed by atoms with Gasteiger partial charge < -0.3 is 5.11 Å². The average molecular weight is 288 g/mol. The summed E-state index contributed by atoms with van der Waals surface area (Å²) in [5.41, 5.74) is 0.859. The number of benzene rings is 1. The lowest BCUT2D eigenvalue weighted by molar-refractivity contribution is -0.138. The molecule has 2 aliphatic rings. The molecule has 1 heterocycles. The van der Waals surface area contributed by atoms with Crippen LogP contribution in [0.2, 0.25) is 0 Å². The van der Waals surface area contributed by atoms with Gasteiger partial charge in [0, 0.05) is 19.1 Å². The molecule has 1 saturated carbocycles. The minimum absolute atomic E-state index is 0.0478. The third kappa shape index (κ3) is 2.67. The molecule has 2 amide bonds. The summed E-state index contributed by atoms with van der Waals surface area (Å²) >= 11 is 0. The van der Waals surface area contributed by atoms with Gasteiger partial charge in [0.25, 0.3) is 11.8 Å². The van der Waals surface area contributed by atoms with Crippen LogP contribution in [0.15, 0.2) is 24.3 Å². The second kappa shape index (κ2) is 5.29. The molecule has 1 aliphatic heterocycles. The van der Waals surface area contributed by atoms with Gasteiger partial charge in [0.05, 0.1) is 17.7 Å². The van der Waals surface area contributed by atoms with E-state index in [-0.39, 0.29) is 30.9 Å². The number of fused-ring (bicyclic) bond motifs is 1. The Labute approximate surface area is 122 Å². The van der Waals surface area contributed by atoms with E-state index in [4.69, 9.17) is 5.11 Å². The standard InChI is InChI=1S/C15H16N2O4/c18-13(19)9-16(10-5-6-10)7-8-17-14(20)11-3-1-2-4-12(11)15(17)21/h1-4,10H,5-9H2,(H,18,19). The van der Waals surface area contributed by atoms with E-state index in [1.165, 1.54) is 4.90 Å². The summed E-state index contributed by atoms with van der Waals surface area (Å²) in [5, 5.41) is 8.91. The van der Waals surface area contributed by atoms with E-state index in [0.29, 0.717) is 17.7 Å². The van der Waals surface area contributed by atoms with Crippen LogP contribution in [-0.2, 0) is 4.79 Å². The SMILES string of the molecule is O=C(O)CN(CCN1C(=O)c2ccccc2C1=O)C1CC1. The molecule has 110 valence electrons. The maximum absolute atomic E-state index is 12.2. The van der Waals surface area contributed by atoms with Gasteiger partial charge in [-0.1, -0.05) is 12.1 Å². The maximum atomic E-state index is 12.2. The lowest BCUT2D eigenvalue weighted by Crippen LogP contribution is -2.41. The second-order valence-electron chi connectivity index (χ2n) is 5.40. The van der Waals surface area contributed by atoms with Gasteiger partial charge in [0.2, 0.25) is 0 Å². The van der Waals surface area contributed by atoms with Crippen molar-refractivity contribution >= 4 is 17.8 Å². The van der Waals surface area contributed by atoms with Crippen LogP contribution in [-0.4, -0.2) is 58.4 Å². The van der Waals surface area contributed by atoms with Gasteiger partial charge >= 0.3 is 5.97 Å². The maximum Gasteiger partial charge on any atom is 0.317 e. The highest BCUT2D eigenvalue weighted by molar-refractivity contribution is 6.21. The highest BCUT2D eigenvalue weighted by Crippen LogP contribution is 2.27. The van der Waals surface area contributed by atoms with E-state index in [2.05, 4.69) is 0 Å². The molecule has 1 fully saturated rings. The van der Waals surface area contributed by atoms with Crippen molar-refractivity contribution in [2.75, 3.05) is 19.6 Å². The first kappa shape index (κ1) is 13.8. The number of carboxylic acids is 1. The molecule has 6 nitrogen and oxygen atoms in total. The molecule has 0 saturated heterocycles. The zero-order valence-electron chi connectivity index (χ0n) is 11.5. The van der Waals surface area contributed by atoms with Gasteiger partial charge in [-0.3, -0.25) is 24.2 Å². The minimum atomic E-state index is -0.885. The summed E-state index contributed by atoms with van der Waals surface area (Å²) in [6.07, 6.45) is 1.96. The van der Waals surface area contributed by atoms with Crippen LogP contribution in [0.3, 0.4) is 0 Å². The molecule has 3 rings (SSSR count). The Morgan fingerprint density at radius 3 is 2.24 bits per heavy atom. The summed E-state index contributed by atoms with van der Waals surface area (Å²) in [6.45, 7) is 0.590. The third-order valence-electron chi connectivity index (χ3n) is 3.89. The van der Waals surface area contributed by atoms with E-state index < -0.39 is 5.97 Å². The topological polar surface area (TPSA) is 77.9 Å². The van der Waals surface area contributed by atoms with Crippen LogP contribution in [0, 0.1) is 0 Å². The van der Waals surface area contributed by atoms with Crippen molar-refractivity contribution in [3.63, 3.8) is 0 Å². The number of hydrogen-bond acceptors (Lipinski definition) is 4. The van der Waals surface area contributed by atoms with Crippen LogP contribution >= 0.6 is 0 Å². The van der Waals surface area contributed by atoms with E-state index >= 15 is 0 Å². The molecule has 0 radical (unpaired) electrons. The van der Waals surface area contributed by atoms with Crippen molar-refractivity contribution < 1.29 is 19.5 Å². The second-order valence-corrected chi connectivity index (χ2v) is 5.40. The lowest BCUT2D eigenvalue weighted by Gasteiger charge is -2.22. The fraction of sp³-hybridized carbons (Fsp3) is 0.400. The minimum Gasteiger partial charge on any atom is -0.480 e. The Morgan fingerprint density at radius 1 is 1.19 bits per heavy atom. The summed E-state index contributed by atoms with van der Waals surface area (Å²) in [6, 6.07) is 7.02. The Morgan fingerprint density at radius 2 is 1.76 bits per heavy atom. The van der Waals surface area contributed by atoms with Crippen LogP contribution < -0.4 is 0 Å². The Hall–Kier alpha value is -2.21. The third-order valence-corrected chi connectivity index (χ3v) is 3.89. The molecule has 0 aromatic heterocycles. The molecule has 0 bridgehead atoms. The average Bonchev–Trinajstić information content (AvgIpc) is 3.26. The Balaban J connectivity index is 1.67. The summed E-state index contributed by atoms with van der Waals surface area (Å²) in [7, 11) is 0. The molecule has 0 unspecified atom stereocenters. The van der Waals surface area contributed by atoms with Crippen LogP contribution in [0.4, 0.5) is 0 Å². The first-order chi connectivity index (χ1) is 10.1. The van der Waals surface area contributed by atoms with Crippen molar-refractivity contribution in [3.8, 4) is 0 Å². The van der Waals surface area contributed by atoms with E-state index in [1.807, 2.05) is 4.90 Å². The summed E-state index contributed by atoms with van der Waals surface area (Å²) in [4.78, 5) is 38.3. The summed E-state index contributed by atoms with van der Waals surface area (Å²) in [5.74, 6) is -1.47. The van der Waals surface area contributed by atoms with E-state index in [1.54, 1.807) is 24.3 Å². The number of imide groups is 1. The van der Waals surface area contributed by atoms with E-state index in [0.717, 1.165) is 12.8 Å². The highest BCUT2D eigenvalue weighted by Gasteiger charge is 2.36. The first-order valence-corrected chi connectivity index (χ1v) is 6.99. The van der Waals surface area contributed by atoms with Gasteiger partial charge in [-0.2, -0.15) is 0 Å². The molecule has 21 heavy (non-hydrogen) atoms. The van der Waals surface area contributed by atoms with Gasteiger partial charge in [0.15, 0.2) is 0 Å². The zero-order valence-corrected chi connectivity index (χ0v) is 11.5. The normalized spacial score (nSPS) is 17.5. The number of rotatable bonds is 6. The molecule has 1 N–H and O–H groups in total. The van der Waals surface area contributed by atoms with E-state index in [9.17, 15) is 14.4 Å². The molecule has 1 aliphatic carbocycles. The quantitative estimate of drug-likeness (QED) is 0.785. The van der Waals surface area contributed by atoms with Crippen molar-refractivity contribution in [3.05, 3.63) is 35.4 Å². The number of carboxylic acid groups (broad SMARTS) is 1. The zero-order chi connectivity index (χ0) is 15.0. The van der Waals surface area contributed by atoms with Crippen LogP contribution in [0.25, 0.3) is 0 Å². The predicted octanol–water partition coefficient (Wildman–Crippen LogP) is 0.832. The summed E-state index contributed by atoms with van der Waals surface area (Å²) < 4.78 is 0. The number of carbonyl (C=O) groups is 3. The van der Waals surface area contributed by atoms with Crippen molar-refractivity contribution in [1.82, 2.24) is 9.80 Å². The van der Waals surface area contributed by atoms with Crippen molar-refractivity contribution in [1.29, 1.82) is 0 Å². The molecule has 6 heteroatoms. The van der Waals surface area contributed by atoms with Crippen LogP contribution in [0.5, 0.6) is 0 Å². The molecular weight excluding hydrogens is 272 g/mol. The lowest BCUT2D eigenvalue weighted by atomic mass is 10.1. The number of carbonyl (C=O) groups excluding carboxylic acids is 2. The van der Waals surface area contributed by atoms with Crippen molar-refractivity contribution in [2.45, 2.75) is 18.9 Å². The fourth-order valence-corrected chi connectivity index (χ4v) is 2.67. The Kier molecular flexibility index (Phi) is 3.47. The fourth-order valence-electron chi connectivity index (χ4n) is 2.67. The molecule has 0 atom stereocenters. The Bertz CT molecular complexity index is 574. The molecule has 1 aromatic rings. The van der Waals surface area contributed by atoms with Crippen molar-refractivity contribution in [2.24, 2.45) is 0 Å². The molecule has 1 aromatic carbocycles. The number of amides is 2. The van der Waals surface area contributed by atoms with Crippen LogP contribution in [0.1, 0.15) is 33.6 Å². The number of hydrogen-bond donors (Lipinski definition) is 1. The van der Waals surface area contributed by atoms with Gasteiger partial charge in [-0.15, -0.1) is 0 Å². The van der Waals surface area contributed by atoms with Gasteiger partial charge in [-0.05, 0) is 25.0 Å². The number of nitrogens with zero attached hydrogens (tertiary/aromatic N) is 2. The number of aliphatic carboxylic acids is 1. The monoisotopic (exact) mass is 288 g/mol. The first-order valence-electron chi connectivity index (χ1n) is 6.99. The smallest absolute Gasteiger partial charge is 0.317 e. The van der Waals surface area contributed by atoms with Gasteiger partial charge in [0.1, 0.15) is 0 Å². The molecule has 0 spiro atoms. The van der Waals surface area contributed by atoms with Gasteiger partial charge in [-0.25, -0.2) is 0 Å². The largest absolute Gasteiger partial charge is 0.480 e. The highest BCUT2D eigenvalue weighted by atomic mass is 16.4.